The largest absolute Gasteiger partial charge is 0.457 e. The number of hydrogen-bond acceptors (Lipinski definition) is 3. The molecule has 4 aliphatic carbocycles. The first-order valence-corrected chi connectivity index (χ1v) is 12.6. The molecule has 2 aromatic carbocycles. The number of hydrogen-bond donors (Lipinski definition) is 2. The number of rotatable bonds is 6. The third-order valence-corrected chi connectivity index (χ3v) is 8.63. The number of benzene rings is 2. The van der Waals surface area contributed by atoms with Crippen molar-refractivity contribution >= 4 is 23.2 Å². The molecule has 5 heteroatoms. The monoisotopic (exact) mass is 444 g/mol. The maximum Gasteiger partial charge on any atom is 0.227 e. The summed E-state index contributed by atoms with van der Waals surface area (Å²) in [6.45, 7) is 0. The zero-order chi connectivity index (χ0) is 22.4. The molecule has 4 bridgehead atoms. The second-order valence-electron chi connectivity index (χ2n) is 10.7. The van der Waals surface area contributed by atoms with Crippen LogP contribution in [-0.2, 0) is 9.59 Å². The molecule has 0 saturated heterocycles. The van der Waals surface area contributed by atoms with Crippen molar-refractivity contribution in [3.8, 4) is 11.5 Å². The van der Waals surface area contributed by atoms with Gasteiger partial charge in [-0.2, -0.15) is 0 Å². The van der Waals surface area contributed by atoms with Crippen LogP contribution in [0.5, 0.6) is 11.5 Å². The Morgan fingerprint density at radius 1 is 0.606 bits per heavy atom. The third kappa shape index (κ3) is 4.25. The molecular formula is C28H32N2O3. The number of amides is 2. The van der Waals surface area contributed by atoms with Crippen molar-refractivity contribution in [1.82, 2.24) is 0 Å². The molecule has 2 N–H and O–H groups in total. The fourth-order valence-electron chi connectivity index (χ4n) is 6.95. The van der Waals surface area contributed by atoms with Gasteiger partial charge in [0.25, 0.3) is 0 Å². The molecule has 5 nitrogen and oxygen atoms in total. The van der Waals surface area contributed by atoms with Crippen molar-refractivity contribution in [2.75, 3.05) is 10.6 Å². The molecule has 6 rings (SSSR count). The van der Waals surface area contributed by atoms with Crippen molar-refractivity contribution < 1.29 is 14.3 Å². The summed E-state index contributed by atoms with van der Waals surface area (Å²) in [5.41, 5.74) is 1.63. The highest BCUT2D eigenvalue weighted by molar-refractivity contribution is 5.93. The molecule has 33 heavy (non-hydrogen) atoms. The molecule has 2 amide bonds. The first-order chi connectivity index (χ1) is 16.1. The van der Waals surface area contributed by atoms with E-state index in [-0.39, 0.29) is 23.7 Å². The van der Waals surface area contributed by atoms with Gasteiger partial charge in [-0.05, 0) is 111 Å². The summed E-state index contributed by atoms with van der Waals surface area (Å²) in [6.07, 6.45) is 9.58. The van der Waals surface area contributed by atoms with Gasteiger partial charge in [0.15, 0.2) is 0 Å². The summed E-state index contributed by atoms with van der Waals surface area (Å²) in [5.74, 6) is 4.82. The minimum atomic E-state index is 0.166. The second kappa shape index (κ2) is 8.51. The molecule has 0 aliphatic heterocycles. The van der Waals surface area contributed by atoms with Gasteiger partial charge in [-0.15, -0.1) is 0 Å². The Morgan fingerprint density at radius 3 is 1.36 bits per heavy atom. The smallest absolute Gasteiger partial charge is 0.227 e. The Labute approximate surface area is 195 Å². The minimum Gasteiger partial charge on any atom is -0.457 e. The molecule has 6 unspecified atom stereocenters. The Bertz CT molecular complexity index is 949. The van der Waals surface area contributed by atoms with Crippen LogP contribution in [0.15, 0.2) is 48.5 Å². The van der Waals surface area contributed by atoms with Crippen LogP contribution in [0.1, 0.15) is 51.4 Å². The van der Waals surface area contributed by atoms with E-state index in [4.69, 9.17) is 4.74 Å². The van der Waals surface area contributed by atoms with Gasteiger partial charge in [0, 0.05) is 23.2 Å². The first-order valence-electron chi connectivity index (χ1n) is 12.6. The van der Waals surface area contributed by atoms with Gasteiger partial charge in [0.1, 0.15) is 11.5 Å². The van der Waals surface area contributed by atoms with E-state index in [2.05, 4.69) is 10.6 Å². The zero-order valence-electron chi connectivity index (χ0n) is 19.0. The van der Waals surface area contributed by atoms with E-state index in [0.29, 0.717) is 23.3 Å². The molecule has 172 valence electrons. The van der Waals surface area contributed by atoms with Gasteiger partial charge in [0.2, 0.25) is 11.8 Å². The van der Waals surface area contributed by atoms with Gasteiger partial charge in [-0.3, -0.25) is 9.59 Å². The van der Waals surface area contributed by atoms with E-state index in [0.717, 1.165) is 36.1 Å². The highest BCUT2D eigenvalue weighted by Crippen LogP contribution is 2.49. The maximum atomic E-state index is 12.6. The van der Waals surface area contributed by atoms with Crippen molar-refractivity contribution in [3.05, 3.63) is 48.5 Å². The molecule has 4 fully saturated rings. The Hall–Kier alpha value is -2.82. The predicted octanol–water partition coefficient (Wildman–Crippen LogP) is 6.23. The van der Waals surface area contributed by atoms with Crippen LogP contribution < -0.4 is 15.4 Å². The fraction of sp³-hybridized carbons (Fsp3) is 0.500. The molecule has 4 aliphatic rings. The molecule has 0 heterocycles. The highest BCUT2D eigenvalue weighted by atomic mass is 16.5. The molecule has 0 aromatic heterocycles. The van der Waals surface area contributed by atoms with Crippen LogP contribution >= 0.6 is 0 Å². The lowest BCUT2D eigenvalue weighted by Crippen LogP contribution is -2.27. The van der Waals surface area contributed by atoms with E-state index in [1.54, 1.807) is 0 Å². The highest BCUT2D eigenvalue weighted by Gasteiger charge is 2.43. The number of nitrogens with one attached hydrogen (secondary N) is 2. The number of ether oxygens (including phenoxy) is 1. The lowest BCUT2D eigenvalue weighted by Gasteiger charge is -2.21. The third-order valence-electron chi connectivity index (χ3n) is 8.63. The zero-order valence-corrected chi connectivity index (χ0v) is 19.0. The van der Waals surface area contributed by atoms with Crippen LogP contribution in [0.2, 0.25) is 0 Å². The maximum absolute atomic E-state index is 12.6. The fourth-order valence-corrected chi connectivity index (χ4v) is 6.95. The van der Waals surface area contributed by atoms with Gasteiger partial charge < -0.3 is 15.4 Å². The first kappa shape index (κ1) is 20.8. The SMILES string of the molecule is O=C(Nc1ccc(Oc2ccc(NC(=O)C3CC4CCC3C4)cc2)cc1)C1CC2CCC1C2. The number of fused-ring (bicyclic) bond motifs is 4. The minimum absolute atomic E-state index is 0.166. The van der Waals surface area contributed by atoms with Crippen LogP contribution in [0.25, 0.3) is 0 Å². The quantitative estimate of drug-likeness (QED) is 0.555. The van der Waals surface area contributed by atoms with Gasteiger partial charge in [-0.25, -0.2) is 0 Å². The van der Waals surface area contributed by atoms with Crippen molar-refractivity contribution in [1.29, 1.82) is 0 Å². The van der Waals surface area contributed by atoms with Crippen molar-refractivity contribution in [3.63, 3.8) is 0 Å². The molecule has 2 aromatic rings. The van der Waals surface area contributed by atoms with Crippen molar-refractivity contribution in [2.24, 2.45) is 35.5 Å². The molecule has 6 atom stereocenters. The topological polar surface area (TPSA) is 67.4 Å². The molecule has 0 radical (unpaired) electrons. The Morgan fingerprint density at radius 2 is 1.03 bits per heavy atom. The van der Waals surface area contributed by atoms with E-state index < -0.39 is 0 Å². The predicted molar refractivity (Wildman–Crippen MR) is 128 cm³/mol. The standard InChI is InChI=1S/C28H32N2O3/c31-27(25-15-17-1-3-19(25)13-17)29-21-5-9-23(10-6-21)33-24-11-7-22(8-12-24)30-28(32)26-16-18-2-4-20(26)14-18/h5-12,17-20,25-26H,1-4,13-16H2,(H,29,31)(H,30,32). The van der Waals surface area contributed by atoms with E-state index in [1.165, 1.54) is 38.5 Å². The van der Waals surface area contributed by atoms with Crippen LogP contribution in [-0.4, -0.2) is 11.8 Å². The Balaban J connectivity index is 1.01. The molecule has 0 spiro atoms. The lowest BCUT2D eigenvalue weighted by atomic mass is 9.88. The molecule has 4 saturated carbocycles. The van der Waals surface area contributed by atoms with Gasteiger partial charge >= 0.3 is 0 Å². The average Bonchev–Trinajstić information content (AvgIpc) is 3.63. The van der Waals surface area contributed by atoms with Gasteiger partial charge in [-0.1, -0.05) is 12.8 Å². The van der Waals surface area contributed by atoms with Crippen LogP contribution in [0, 0.1) is 35.5 Å². The summed E-state index contributed by atoms with van der Waals surface area (Å²) >= 11 is 0. The van der Waals surface area contributed by atoms with Gasteiger partial charge in [0.05, 0.1) is 0 Å². The normalized spacial score (nSPS) is 31.5. The summed E-state index contributed by atoms with van der Waals surface area (Å²) in [4.78, 5) is 25.3. The number of carbonyl (C=O) groups excluding carboxylic acids is 2. The Kier molecular flexibility index (Phi) is 5.35. The summed E-state index contributed by atoms with van der Waals surface area (Å²) in [7, 11) is 0. The average molecular weight is 445 g/mol. The molecular weight excluding hydrogens is 412 g/mol. The lowest BCUT2D eigenvalue weighted by molar-refractivity contribution is -0.122. The van der Waals surface area contributed by atoms with E-state index in [9.17, 15) is 9.59 Å². The van der Waals surface area contributed by atoms with Crippen LogP contribution in [0.3, 0.4) is 0 Å². The summed E-state index contributed by atoms with van der Waals surface area (Å²) < 4.78 is 5.95. The summed E-state index contributed by atoms with van der Waals surface area (Å²) in [5, 5.41) is 6.17. The van der Waals surface area contributed by atoms with E-state index >= 15 is 0 Å². The number of anilines is 2. The van der Waals surface area contributed by atoms with E-state index in [1.807, 2.05) is 48.5 Å². The van der Waals surface area contributed by atoms with Crippen molar-refractivity contribution in [2.45, 2.75) is 51.4 Å². The second-order valence-corrected chi connectivity index (χ2v) is 10.7. The summed E-state index contributed by atoms with van der Waals surface area (Å²) in [6, 6.07) is 15.1. The number of carbonyl (C=O) groups is 2. The van der Waals surface area contributed by atoms with Crippen LogP contribution in [0.4, 0.5) is 11.4 Å².